The smallest absolute Gasteiger partial charge is 0.242 e. The van der Waals surface area contributed by atoms with Crippen molar-refractivity contribution in [2.45, 2.75) is 19.4 Å². The lowest BCUT2D eigenvalue weighted by molar-refractivity contribution is -0.136. The van der Waals surface area contributed by atoms with Gasteiger partial charge in [-0.3, -0.25) is 14.4 Å². The van der Waals surface area contributed by atoms with Crippen LogP contribution in [-0.2, 0) is 19.1 Å². The summed E-state index contributed by atoms with van der Waals surface area (Å²) < 4.78 is 5.04. The molecule has 1 saturated heterocycles. The number of ether oxygens (including phenoxy) is 1. The molecule has 0 aromatic carbocycles. The van der Waals surface area contributed by atoms with E-state index in [1.54, 1.807) is 7.11 Å². The third-order valence-corrected chi connectivity index (χ3v) is 2.92. The monoisotopic (exact) mass is 242 g/mol. The summed E-state index contributed by atoms with van der Waals surface area (Å²) in [7, 11) is 1.60. The molecule has 2 atom stereocenters. The number of Topliss-reactive ketones (excluding diaryl/α,β-unsaturated/α-hetero) is 1. The minimum absolute atomic E-state index is 0.0249. The fraction of sp³-hybridized carbons (Fsp3) is 0.727. The number of ketones is 1. The number of rotatable bonds is 6. The summed E-state index contributed by atoms with van der Waals surface area (Å²) >= 11 is 0. The molecule has 0 aromatic rings. The van der Waals surface area contributed by atoms with Crippen molar-refractivity contribution < 1.29 is 19.1 Å². The molecule has 1 fully saturated rings. The predicted molar refractivity (Wildman–Crippen MR) is 60.2 cm³/mol. The predicted octanol–water partition coefficient (Wildman–Crippen LogP) is -0.815. The first kappa shape index (κ1) is 13.6. The molecule has 6 nitrogen and oxygen atoms in total. The van der Waals surface area contributed by atoms with Gasteiger partial charge in [-0.1, -0.05) is 0 Å². The van der Waals surface area contributed by atoms with Gasteiger partial charge in [-0.05, 0) is 13.3 Å². The molecule has 0 saturated carbocycles. The first-order valence-corrected chi connectivity index (χ1v) is 5.56. The second-order valence-corrected chi connectivity index (χ2v) is 4.23. The van der Waals surface area contributed by atoms with E-state index >= 15 is 0 Å². The van der Waals surface area contributed by atoms with E-state index in [1.165, 1.54) is 11.8 Å². The molecule has 0 radical (unpaired) electrons. The van der Waals surface area contributed by atoms with Crippen LogP contribution in [0.4, 0.5) is 0 Å². The van der Waals surface area contributed by atoms with Crippen molar-refractivity contribution in [2.75, 3.05) is 26.8 Å². The highest BCUT2D eigenvalue weighted by atomic mass is 16.5. The zero-order chi connectivity index (χ0) is 12.8. The Morgan fingerprint density at radius 2 is 2.24 bits per heavy atom. The number of hydrogen-bond acceptors (Lipinski definition) is 4. The zero-order valence-electron chi connectivity index (χ0n) is 10.1. The first-order valence-electron chi connectivity index (χ1n) is 5.56. The maximum Gasteiger partial charge on any atom is 0.242 e. The molecule has 0 spiro atoms. The largest absolute Gasteiger partial charge is 0.384 e. The van der Waals surface area contributed by atoms with Crippen molar-refractivity contribution in [1.29, 1.82) is 0 Å². The number of likely N-dealkylation sites (tertiary alicyclic amines) is 1. The van der Waals surface area contributed by atoms with Crippen LogP contribution in [0, 0.1) is 5.92 Å². The summed E-state index contributed by atoms with van der Waals surface area (Å²) in [4.78, 5) is 34.9. The second-order valence-electron chi connectivity index (χ2n) is 4.23. The highest BCUT2D eigenvalue weighted by Gasteiger charge is 2.37. The third-order valence-electron chi connectivity index (χ3n) is 2.92. The summed E-state index contributed by atoms with van der Waals surface area (Å²) in [5.41, 5.74) is 0. The molecule has 17 heavy (non-hydrogen) atoms. The second kappa shape index (κ2) is 6.34. The van der Waals surface area contributed by atoms with E-state index in [1.807, 2.05) is 0 Å². The molecule has 1 aliphatic rings. The quantitative estimate of drug-likeness (QED) is 0.618. The average Bonchev–Trinajstić information content (AvgIpc) is 2.70. The molecule has 2 amide bonds. The van der Waals surface area contributed by atoms with Gasteiger partial charge < -0.3 is 15.0 Å². The van der Waals surface area contributed by atoms with Gasteiger partial charge in [0.2, 0.25) is 12.3 Å². The molecule has 1 unspecified atom stereocenters. The standard InChI is InChI=1S/C11H18N2O4/c1-8(15)10-3-9(6-17-2)5-13(10)11(16)4-12-7-14/h7,9-10H,3-6H2,1-2H3,(H,12,14)/t9?,10-/m0/s1. The number of nitrogens with one attached hydrogen (secondary N) is 1. The van der Waals surface area contributed by atoms with Crippen LogP contribution >= 0.6 is 0 Å². The Morgan fingerprint density at radius 1 is 1.53 bits per heavy atom. The molecule has 1 aliphatic heterocycles. The number of methoxy groups -OCH3 is 1. The van der Waals surface area contributed by atoms with Crippen molar-refractivity contribution in [1.82, 2.24) is 10.2 Å². The lowest BCUT2D eigenvalue weighted by Crippen LogP contribution is -2.43. The number of carbonyl (C=O) groups is 3. The van der Waals surface area contributed by atoms with Crippen molar-refractivity contribution in [3.63, 3.8) is 0 Å². The summed E-state index contributed by atoms with van der Waals surface area (Å²) in [5, 5.41) is 2.32. The van der Waals surface area contributed by atoms with Gasteiger partial charge >= 0.3 is 0 Å². The van der Waals surface area contributed by atoms with E-state index in [0.717, 1.165) is 0 Å². The maximum atomic E-state index is 11.8. The van der Waals surface area contributed by atoms with Crippen LogP contribution in [0.5, 0.6) is 0 Å². The molecule has 1 N–H and O–H groups in total. The molecule has 1 rings (SSSR count). The van der Waals surface area contributed by atoms with Crippen LogP contribution < -0.4 is 5.32 Å². The number of amides is 2. The van der Waals surface area contributed by atoms with Gasteiger partial charge in [-0.15, -0.1) is 0 Å². The van der Waals surface area contributed by atoms with Gasteiger partial charge in [0.25, 0.3) is 0 Å². The lowest BCUT2D eigenvalue weighted by atomic mass is 10.0. The number of carbonyl (C=O) groups excluding carboxylic acids is 3. The van der Waals surface area contributed by atoms with Crippen molar-refractivity contribution >= 4 is 18.1 Å². The van der Waals surface area contributed by atoms with Crippen LogP contribution in [0.3, 0.4) is 0 Å². The first-order chi connectivity index (χ1) is 8.10. The SMILES string of the molecule is COCC1C[C@@H](C(C)=O)N(C(=O)CNC=O)C1. The zero-order valence-corrected chi connectivity index (χ0v) is 10.1. The number of nitrogens with zero attached hydrogens (tertiary/aromatic N) is 1. The molecular formula is C11H18N2O4. The Balaban J connectivity index is 2.63. The van der Waals surface area contributed by atoms with Gasteiger partial charge in [0.15, 0.2) is 5.78 Å². The summed E-state index contributed by atoms with van der Waals surface area (Å²) in [6, 6.07) is -0.379. The highest BCUT2D eigenvalue weighted by molar-refractivity contribution is 5.89. The van der Waals surface area contributed by atoms with Gasteiger partial charge in [-0.25, -0.2) is 0 Å². The van der Waals surface area contributed by atoms with E-state index in [2.05, 4.69) is 5.32 Å². The van der Waals surface area contributed by atoms with Gasteiger partial charge in [0.1, 0.15) is 0 Å². The Kier molecular flexibility index (Phi) is 5.09. The van der Waals surface area contributed by atoms with Crippen LogP contribution in [0.25, 0.3) is 0 Å². The topological polar surface area (TPSA) is 75.7 Å². The number of hydrogen-bond donors (Lipinski definition) is 1. The van der Waals surface area contributed by atoms with Crippen LogP contribution in [0.2, 0.25) is 0 Å². The van der Waals surface area contributed by atoms with Gasteiger partial charge in [0, 0.05) is 19.6 Å². The van der Waals surface area contributed by atoms with E-state index in [0.29, 0.717) is 26.0 Å². The molecule has 0 aliphatic carbocycles. The fourth-order valence-electron chi connectivity index (χ4n) is 2.17. The average molecular weight is 242 g/mol. The molecule has 96 valence electrons. The van der Waals surface area contributed by atoms with Crippen LogP contribution in [0.1, 0.15) is 13.3 Å². The summed E-state index contributed by atoms with van der Waals surface area (Å²) in [6.07, 6.45) is 1.11. The minimum atomic E-state index is -0.379. The molecular weight excluding hydrogens is 224 g/mol. The lowest BCUT2D eigenvalue weighted by Gasteiger charge is -2.22. The third kappa shape index (κ3) is 3.52. The molecule has 0 aromatic heterocycles. The highest BCUT2D eigenvalue weighted by Crippen LogP contribution is 2.24. The Hall–Kier alpha value is -1.43. The van der Waals surface area contributed by atoms with E-state index in [-0.39, 0.29) is 30.2 Å². The molecule has 1 heterocycles. The minimum Gasteiger partial charge on any atom is -0.384 e. The van der Waals surface area contributed by atoms with Crippen molar-refractivity contribution in [3.8, 4) is 0 Å². The maximum absolute atomic E-state index is 11.8. The normalized spacial score (nSPS) is 23.5. The van der Waals surface area contributed by atoms with Crippen LogP contribution in [0.15, 0.2) is 0 Å². The van der Waals surface area contributed by atoms with E-state index in [9.17, 15) is 14.4 Å². The molecule has 6 heteroatoms. The summed E-state index contributed by atoms with van der Waals surface area (Å²) in [6.45, 7) is 2.46. The summed E-state index contributed by atoms with van der Waals surface area (Å²) in [5.74, 6) is -0.0620. The van der Waals surface area contributed by atoms with Gasteiger partial charge in [-0.2, -0.15) is 0 Å². The van der Waals surface area contributed by atoms with Crippen LogP contribution in [-0.4, -0.2) is 55.8 Å². The van der Waals surface area contributed by atoms with E-state index in [4.69, 9.17) is 4.74 Å². The Labute approximate surface area is 100 Å². The van der Waals surface area contributed by atoms with Gasteiger partial charge in [0.05, 0.1) is 19.2 Å². The molecule has 0 bridgehead atoms. The van der Waals surface area contributed by atoms with E-state index < -0.39 is 0 Å². The van der Waals surface area contributed by atoms with Crippen molar-refractivity contribution in [3.05, 3.63) is 0 Å². The van der Waals surface area contributed by atoms with Crippen molar-refractivity contribution in [2.24, 2.45) is 5.92 Å². The Bertz CT molecular complexity index is 306. The Morgan fingerprint density at radius 3 is 2.76 bits per heavy atom. The fourth-order valence-corrected chi connectivity index (χ4v) is 2.17.